The van der Waals surface area contributed by atoms with Crippen molar-refractivity contribution in [1.82, 2.24) is 0 Å². The van der Waals surface area contributed by atoms with Crippen LogP contribution in [0.2, 0.25) is 0 Å². The highest BCUT2D eigenvalue weighted by atomic mass is 14.9. The molecule has 2 rings (SSSR count). The van der Waals surface area contributed by atoms with E-state index >= 15 is 0 Å². The highest BCUT2D eigenvalue weighted by Crippen LogP contribution is 2.24. The second kappa shape index (κ2) is 6.25. The van der Waals surface area contributed by atoms with E-state index in [4.69, 9.17) is 0 Å². The molecule has 0 aromatic heterocycles. The number of anilines is 1. The van der Waals surface area contributed by atoms with E-state index in [0.29, 0.717) is 11.8 Å². The molecule has 1 unspecified atom stereocenters. The summed E-state index contributed by atoms with van der Waals surface area (Å²) in [6.07, 6.45) is 0. The monoisotopic (exact) mass is 239 g/mol. The summed E-state index contributed by atoms with van der Waals surface area (Å²) in [4.78, 5) is 0. The van der Waals surface area contributed by atoms with Gasteiger partial charge in [-0.3, -0.25) is 0 Å². The lowest BCUT2D eigenvalue weighted by molar-refractivity contribution is 0.517. The van der Waals surface area contributed by atoms with Crippen LogP contribution in [0.1, 0.15) is 25.3 Å². The number of benzene rings is 2. The maximum absolute atomic E-state index is 3.52. The second-order valence-corrected chi connectivity index (χ2v) is 5.01. The topological polar surface area (TPSA) is 12.0 Å². The summed E-state index contributed by atoms with van der Waals surface area (Å²) >= 11 is 0. The van der Waals surface area contributed by atoms with E-state index in [-0.39, 0.29) is 0 Å². The van der Waals surface area contributed by atoms with Gasteiger partial charge in [-0.1, -0.05) is 62.4 Å². The second-order valence-electron chi connectivity index (χ2n) is 5.01. The zero-order valence-electron chi connectivity index (χ0n) is 11.1. The van der Waals surface area contributed by atoms with Crippen molar-refractivity contribution in [2.45, 2.75) is 19.8 Å². The molecule has 1 atom stereocenters. The molecule has 94 valence electrons. The molecule has 18 heavy (non-hydrogen) atoms. The van der Waals surface area contributed by atoms with Crippen molar-refractivity contribution in [1.29, 1.82) is 0 Å². The molecule has 0 radical (unpaired) electrons. The Hall–Kier alpha value is -1.76. The van der Waals surface area contributed by atoms with Gasteiger partial charge in [0.25, 0.3) is 0 Å². The molecule has 0 amide bonds. The largest absolute Gasteiger partial charge is 0.384 e. The summed E-state index contributed by atoms with van der Waals surface area (Å²) in [5.41, 5.74) is 2.61. The Morgan fingerprint density at radius 3 is 1.94 bits per heavy atom. The maximum atomic E-state index is 3.52. The molecular formula is C17H21N. The van der Waals surface area contributed by atoms with Crippen LogP contribution in [-0.4, -0.2) is 6.54 Å². The highest BCUT2D eigenvalue weighted by molar-refractivity contribution is 5.43. The molecule has 2 aromatic rings. The minimum atomic E-state index is 0.548. The van der Waals surface area contributed by atoms with E-state index in [2.05, 4.69) is 73.8 Å². The maximum Gasteiger partial charge on any atom is 0.0340 e. The zero-order chi connectivity index (χ0) is 12.8. The Morgan fingerprint density at radius 2 is 1.39 bits per heavy atom. The molecule has 0 spiro atoms. The van der Waals surface area contributed by atoms with Gasteiger partial charge in [0.1, 0.15) is 0 Å². The first kappa shape index (κ1) is 12.7. The standard InChI is InChI=1S/C17H21N/c1-14(2)17(15-9-5-3-6-10-15)13-18-16-11-7-4-8-12-16/h3-12,14,17-18H,13H2,1-2H3. The molecule has 1 nitrogen and oxygen atoms in total. The third kappa shape index (κ3) is 3.36. The quantitative estimate of drug-likeness (QED) is 0.807. The molecule has 0 bridgehead atoms. The Kier molecular flexibility index (Phi) is 4.40. The van der Waals surface area contributed by atoms with Gasteiger partial charge in [-0.15, -0.1) is 0 Å². The molecule has 1 heteroatoms. The highest BCUT2D eigenvalue weighted by Gasteiger charge is 2.14. The summed E-state index contributed by atoms with van der Waals surface area (Å²) in [5, 5.41) is 3.52. The van der Waals surface area contributed by atoms with Crippen molar-refractivity contribution in [3.63, 3.8) is 0 Å². The number of hydrogen-bond acceptors (Lipinski definition) is 1. The van der Waals surface area contributed by atoms with E-state index in [9.17, 15) is 0 Å². The van der Waals surface area contributed by atoms with E-state index in [0.717, 1.165) is 6.54 Å². The van der Waals surface area contributed by atoms with Gasteiger partial charge in [-0.2, -0.15) is 0 Å². The molecule has 2 aromatic carbocycles. The van der Waals surface area contributed by atoms with E-state index in [1.165, 1.54) is 11.3 Å². The Balaban J connectivity index is 2.04. The summed E-state index contributed by atoms with van der Waals surface area (Å²) in [6.45, 7) is 5.54. The number of nitrogens with one attached hydrogen (secondary N) is 1. The van der Waals surface area contributed by atoms with Gasteiger partial charge in [0.05, 0.1) is 0 Å². The summed E-state index contributed by atoms with van der Waals surface area (Å²) in [5.74, 6) is 1.18. The molecule has 0 aliphatic heterocycles. The van der Waals surface area contributed by atoms with E-state index in [1.807, 2.05) is 6.07 Å². The van der Waals surface area contributed by atoms with Gasteiger partial charge in [-0.25, -0.2) is 0 Å². The van der Waals surface area contributed by atoms with Crippen LogP contribution in [0.3, 0.4) is 0 Å². The predicted molar refractivity (Wildman–Crippen MR) is 79.0 cm³/mol. The lowest BCUT2D eigenvalue weighted by atomic mass is 9.88. The number of rotatable bonds is 5. The zero-order valence-corrected chi connectivity index (χ0v) is 11.1. The molecular weight excluding hydrogens is 218 g/mol. The Bertz CT molecular complexity index is 448. The van der Waals surface area contributed by atoms with Crippen LogP contribution < -0.4 is 5.32 Å². The van der Waals surface area contributed by atoms with Crippen molar-refractivity contribution in [2.24, 2.45) is 5.92 Å². The number of hydrogen-bond donors (Lipinski definition) is 1. The van der Waals surface area contributed by atoms with Gasteiger partial charge >= 0.3 is 0 Å². The number of para-hydroxylation sites is 1. The molecule has 0 aliphatic rings. The summed E-state index contributed by atoms with van der Waals surface area (Å²) < 4.78 is 0. The smallest absolute Gasteiger partial charge is 0.0340 e. The van der Waals surface area contributed by atoms with Crippen LogP contribution in [0.5, 0.6) is 0 Å². The van der Waals surface area contributed by atoms with Crippen LogP contribution in [0, 0.1) is 5.92 Å². The molecule has 1 N–H and O–H groups in total. The van der Waals surface area contributed by atoms with Crippen molar-refractivity contribution in [3.05, 3.63) is 66.2 Å². The Morgan fingerprint density at radius 1 is 0.833 bits per heavy atom. The Labute approximate surface area is 110 Å². The van der Waals surface area contributed by atoms with E-state index in [1.54, 1.807) is 0 Å². The first-order valence-corrected chi connectivity index (χ1v) is 6.61. The van der Waals surface area contributed by atoms with Crippen LogP contribution >= 0.6 is 0 Å². The first-order chi connectivity index (χ1) is 8.77. The molecule has 0 aliphatic carbocycles. The van der Waals surface area contributed by atoms with Crippen LogP contribution in [0.15, 0.2) is 60.7 Å². The first-order valence-electron chi connectivity index (χ1n) is 6.61. The lowest BCUT2D eigenvalue weighted by Gasteiger charge is -2.22. The summed E-state index contributed by atoms with van der Waals surface area (Å²) in [7, 11) is 0. The van der Waals surface area contributed by atoms with Crippen LogP contribution in [-0.2, 0) is 0 Å². The predicted octanol–water partition coefficient (Wildman–Crippen LogP) is 4.54. The lowest BCUT2D eigenvalue weighted by Crippen LogP contribution is -2.17. The fourth-order valence-electron chi connectivity index (χ4n) is 2.22. The van der Waals surface area contributed by atoms with Gasteiger partial charge in [0, 0.05) is 18.2 Å². The third-order valence-corrected chi connectivity index (χ3v) is 3.33. The van der Waals surface area contributed by atoms with Gasteiger partial charge in [0.15, 0.2) is 0 Å². The van der Waals surface area contributed by atoms with Crippen molar-refractivity contribution >= 4 is 5.69 Å². The van der Waals surface area contributed by atoms with Crippen molar-refractivity contribution < 1.29 is 0 Å². The fourth-order valence-corrected chi connectivity index (χ4v) is 2.22. The van der Waals surface area contributed by atoms with E-state index < -0.39 is 0 Å². The van der Waals surface area contributed by atoms with Crippen LogP contribution in [0.25, 0.3) is 0 Å². The van der Waals surface area contributed by atoms with Gasteiger partial charge < -0.3 is 5.32 Å². The normalized spacial score (nSPS) is 12.4. The molecule has 0 saturated carbocycles. The molecule has 0 heterocycles. The third-order valence-electron chi connectivity index (χ3n) is 3.33. The average Bonchev–Trinajstić information content (AvgIpc) is 2.41. The average molecular weight is 239 g/mol. The molecule has 0 fully saturated rings. The van der Waals surface area contributed by atoms with Crippen molar-refractivity contribution in [2.75, 3.05) is 11.9 Å². The minimum Gasteiger partial charge on any atom is -0.384 e. The SMILES string of the molecule is CC(C)C(CNc1ccccc1)c1ccccc1. The fraction of sp³-hybridized carbons (Fsp3) is 0.294. The van der Waals surface area contributed by atoms with Crippen molar-refractivity contribution in [3.8, 4) is 0 Å². The van der Waals surface area contributed by atoms with Gasteiger partial charge in [0.2, 0.25) is 0 Å². The minimum absolute atomic E-state index is 0.548. The summed E-state index contributed by atoms with van der Waals surface area (Å²) in [6, 6.07) is 21.2. The molecule has 0 saturated heterocycles. The van der Waals surface area contributed by atoms with Gasteiger partial charge in [-0.05, 0) is 23.6 Å². The van der Waals surface area contributed by atoms with Crippen LogP contribution in [0.4, 0.5) is 5.69 Å².